The second-order valence-corrected chi connectivity index (χ2v) is 7.65. The average Bonchev–Trinajstić information content (AvgIpc) is 3.17. The summed E-state index contributed by atoms with van der Waals surface area (Å²) in [6.45, 7) is 1.70. The molecule has 2 aliphatic heterocycles. The van der Waals surface area contributed by atoms with Crippen molar-refractivity contribution in [1.82, 2.24) is 20.0 Å². The van der Waals surface area contributed by atoms with Gasteiger partial charge in [0.05, 0.1) is 0 Å². The van der Waals surface area contributed by atoms with E-state index in [0.29, 0.717) is 37.6 Å². The van der Waals surface area contributed by atoms with E-state index in [9.17, 15) is 9.59 Å². The van der Waals surface area contributed by atoms with Gasteiger partial charge in [-0.15, -0.1) is 10.2 Å². The second-order valence-electron chi connectivity index (χ2n) is 6.66. The van der Waals surface area contributed by atoms with Crippen molar-refractivity contribution in [1.29, 1.82) is 0 Å². The Kier molecular flexibility index (Phi) is 4.03. The molecule has 0 radical (unpaired) electrons. The Morgan fingerprint density at radius 3 is 2.46 bits per heavy atom. The summed E-state index contributed by atoms with van der Waals surface area (Å²) in [7, 11) is 1.56. The van der Waals surface area contributed by atoms with Crippen LogP contribution < -0.4 is 10.6 Å². The molecule has 2 aliphatic rings. The number of nitrogens with two attached hydrogens (primary N) is 1. The zero-order valence-electron chi connectivity index (χ0n) is 14.5. The molecule has 26 heavy (non-hydrogen) atoms. The van der Waals surface area contributed by atoms with Gasteiger partial charge < -0.3 is 15.5 Å². The molecule has 0 atom stereocenters. The van der Waals surface area contributed by atoms with Crippen LogP contribution in [0.4, 0.5) is 15.1 Å². The maximum atomic E-state index is 12.9. The Labute approximate surface area is 155 Å². The van der Waals surface area contributed by atoms with E-state index in [4.69, 9.17) is 5.73 Å². The smallest absolute Gasteiger partial charge is 0.327 e. The van der Waals surface area contributed by atoms with Crippen LogP contribution in [-0.4, -0.2) is 57.6 Å². The molecule has 2 N–H and O–H groups in total. The number of anilines is 2. The minimum atomic E-state index is -0.783. The molecule has 4 rings (SSSR count). The summed E-state index contributed by atoms with van der Waals surface area (Å²) < 4.78 is 0. The third kappa shape index (κ3) is 2.59. The molecule has 2 aromatic rings. The lowest BCUT2D eigenvalue weighted by atomic mass is 9.85. The Morgan fingerprint density at radius 1 is 1.15 bits per heavy atom. The first-order valence-corrected chi connectivity index (χ1v) is 9.30. The number of nitrogens with zero attached hydrogens (tertiary/aromatic N) is 5. The second kappa shape index (κ2) is 6.24. The van der Waals surface area contributed by atoms with Crippen LogP contribution in [0.1, 0.15) is 18.4 Å². The number of carbonyl (C=O) groups excluding carboxylic acids is 2. The number of amides is 3. The standard InChI is InChI=1S/C17H20N6O2S/c1-21-13(24)17(23(16(21)25)11-12-5-3-2-4-6-12)7-9-22(10-8-17)15-20-19-14(18)26-15/h2-6H,7-11H2,1H3,(H2,18,19). The summed E-state index contributed by atoms with van der Waals surface area (Å²) in [5.74, 6) is -0.116. The molecule has 1 aromatic heterocycles. The molecular weight excluding hydrogens is 352 g/mol. The van der Waals surface area contributed by atoms with E-state index in [1.165, 1.54) is 16.2 Å². The molecule has 136 valence electrons. The largest absolute Gasteiger partial charge is 0.374 e. The van der Waals surface area contributed by atoms with Crippen molar-refractivity contribution in [3.8, 4) is 0 Å². The van der Waals surface area contributed by atoms with Crippen molar-refractivity contribution in [2.45, 2.75) is 24.9 Å². The summed E-state index contributed by atoms with van der Waals surface area (Å²) in [6, 6.07) is 9.54. The molecular formula is C17H20N6O2S. The van der Waals surface area contributed by atoms with Gasteiger partial charge in [0, 0.05) is 26.7 Å². The van der Waals surface area contributed by atoms with Gasteiger partial charge in [-0.1, -0.05) is 41.7 Å². The third-order valence-electron chi connectivity index (χ3n) is 5.21. The van der Waals surface area contributed by atoms with Gasteiger partial charge in [0.15, 0.2) is 0 Å². The number of rotatable bonds is 3. The van der Waals surface area contributed by atoms with Crippen LogP contribution in [0.5, 0.6) is 0 Å². The predicted octanol–water partition coefficient (Wildman–Crippen LogP) is 1.55. The van der Waals surface area contributed by atoms with Crippen molar-refractivity contribution < 1.29 is 9.59 Å². The van der Waals surface area contributed by atoms with Crippen LogP contribution in [0.2, 0.25) is 0 Å². The van der Waals surface area contributed by atoms with Crippen molar-refractivity contribution in [2.24, 2.45) is 0 Å². The van der Waals surface area contributed by atoms with Crippen LogP contribution in [0.15, 0.2) is 30.3 Å². The highest BCUT2D eigenvalue weighted by Crippen LogP contribution is 2.39. The zero-order valence-corrected chi connectivity index (χ0v) is 15.3. The first kappa shape index (κ1) is 16.8. The van der Waals surface area contributed by atoms with E-state index in [2.05, 4.69) is 15.1 Å². The lowest BCUT2D eigenvalue weighted by molar-refractivity contribution is -0.133. The molecule has 0 bridgehead atoms. The summed E-state index contributed by atoms with van der Waals surface area (Å²) in [5.41, 5.74) is 5.90. The van der Waals surface area contributed by atoms with Crippen molar-refractivity contribution >= 4 is 33.5 Å². The van der Waals surface area contributed by atoms with Crippen molar-refractivity contribution in [3.05, 3.63) is 35.9 Å². The van der Waals surface area contributed by atoms with E-state index >= 15 is 0 Å². The summed E-state index contributed by atoms with van der Waals surface area (Å²) in [4.78, 5) is 30.7. The molecule has 3 amide bonds. The molecule has 2 fully saturated rings. The fourth-order valence-corrected chi connectivity index (χ4v) is 4.43. The van der Waals surface area contributed by atoms with Gasteiger partial charge in [0.2, 0.25) is 10.3 Å². The first-order chi connectivity index (χ1) is 12.5. The molecule has 3 heterocycles. The van der Waals surface area contributed by atoms with E-state index in [1.807, 2.05) is 30.3 Å². The SMILES string of the molecule is CN1C(=O)N(Cc2ccccc2)C2(CCN(c3nnc(N)s3)CC2)C1=O. The topological polar surface area (TPSA) is 95.7 Å². The maximum absolute atomic E-state index is 12.9. The monoisotopic (exact) mass is 372 g/mol. The highest BCUT2D eigenvalue weighted by Gasteiger charge is 2.56. The van der Waals surface area contributed by atoms with E-state index in [0.717, 1.165) is 10.7 Å². The van der Waals surface area contributed by atoms with Crippen LogP contribution in [0.3, 0.4) is 0 Å². The summed E-state index contributed by atoms with van der Waals surface area (Å²) in [5, 5.41) is 9.13. The number of hydrogen-bond acceptors (Lipinski definition) is 7. The van der Waals surface area contributed by atoms with Crippen molar-refractivity contribution in [2.75, 3.05) is 30.8 Å². The normalized spacial score (nSPS) is 19.7. The number of aromatic nitrogens is 2. The fourth-order valence-electron chi connectivity index (χ4n) is 3.77. The quantitative estimate of drug-likeness (QED) is 0.822. The average molecular weight is 372 g/mol. The molecule has 8 nitrogen and oxygen atoms in total. The van der Waals surface area contributed by atoms with Gasteiger partial charge in [-0.3, -0.25) is 9.69 Å². The Bertz CT molecular complexity index is 831. The lowest BCUT2D eigenvalue weighted by Gasteiger charge is -2.42. The number of hydrogen-bond donors (Lipinski definition) is 1. The molecule has 0 unspecified atom stereocenters. The number of nitrogen functional groups attached to an aromatic ring is 1. The fraction of sp³-hybridized carbons (Fsp3) is 0.412. The van der Waals surface area contributed by atoms with Crippen molar-refractivity contribution in [3.63, 3.8) is 0 Å². The van der Waals surface area contributed by atoms with Gasteiger partial charge in [0.1, 0.15) is 5.54 Å². The summed E-state index contributed by atoms with van der Waals surface area (Å²) in [6.07, 6.45) is 1.13. The number of urea groups is 1. The molecule has 9 heteroatoms. The minimum absolute atomic E-state index is 0.116. The maximum Gasteiger partial charge on any atom is 0.327 e. The van der Waals surface area contributed by atoms with E-state index in [-0.39, 0.29) is 11.9 Å². The van der Waals surface area contributed by atoms with Crippen LogP contribution >= 0.6 is 11.3 Å². The number of carbonyl (C=O) groups is 2. The molecule has 2 saturated heterocycles. The highest BCUT2D eigenvalue weighted by molar-refractivity contribution is 7.18. The number of benzene rings is 1. The third-order valence-corrected chi connectivity index (χ3v) is 6.03. The minimum Gasteiger partial charge on any atom is -0.374 e. The number of piperidine rings is 1. The Balaban J connectivity index is 1.58. The predicted molar refractivity (Wildman–Crippen MR) is 98.7 cm³/mol. The van der Waals surface area contributed by atoms with Gasteiger partial charge in [-0.05, 0) is 18.4 Å². The number of imide groups is 1. The van der Waals surface area contributed by atoms with Crippen LogP contribution in [0.25, 0.3) is 0 Å². The van der Waals surface area contributed by atoms with Gasteiger partial charge in [-0.2, -0.15) is 0 Å². The molecule has 0 saturated carbocycles. The highest BCUT2D eigenvalue weighted by atomic mass is 32.1. The zero-order chi connectivity index (χ0) is 18.3. The first-order valence-electron chi connectivity index (χ1n) is 8.49. The van der Waals surface area contributed by atoms with Gasteiger partial charge in [0.25, 0.3) is 5.91 Å². The Morgan fingerprint density at radius 2 is 1.85 bits per heavy atom. The number of likely N-dealkylation sites (N-methyl/N-ethyl adjacent to an activating group) is 1. The van der Waals surface area contributed by atoms with Gasteiger partial charge in [-0.25, -0.2) is 4.79 Å². The Hall–Kier alpha value is -2.68. The molecule has 0 aliphatic carbocycles. The van der Waals surface area contributed by atoms with Crippen LogP contribution in [-0.2, 0) is 11.3 Å². The van der Waals surface area contributed by atoms with Gasteiger partial charge >= 0.3 is 6.03 Å². The summed E-state index contributed by atoms with van der Waals surface area (Å²) >= 11 is 1.34. The van der Waals surface area contributed by atoms with Crippen LogP contribution in [0, 0.1) is 0 Å². The molecule has 1 spiro atoms. The molecule has 1 aromatic carbocycles. The lowest BCUT2D eigenvalue weighted by Crippen LogP contribution is -2.56. The van der Waals surface area contributed by atoms with E-state index in [1.54, 1.807) is 11.9 Å². The van der Waals surface area contributed by atoms with E-state index < -0.39 is 5.54 Å².